The van der Waals surface area contributed by atoms with Gasteiger partial charge in [0.2, 0.25) is 5.91 Å². The fraction of sp³-hybridized carbons (Fsp3) is 0.286. The number of amides is 1. The third-order valence-corrected chi connectivity index (χ3v) is 3.05. The van der Waals surface area contributed by atoms with Gasteiger partial charge in [-0.15, -0.1) is 0 Å². The van der Waals surface area contributed by atoms with E-state index in [1.54, 1.807) is 20.0 Å². The molecule has 0 bridgehead atoms. The van der Waals surface area contributed by atoms with E-state index >= 15 is 0 Å². The van der Waals surface area contributed by atoms with Crippen molar-refractivity contribution in [1.29, 1.82) is 0 Å². The lowest BCUT2D eigenvalue weighted by molar-refractivity contribution is -0.123. The Morgan fingerprint density at radius 2 is 2.06 bits per heavy atom. The molecule has 0 aliphatic carbocycles. The molecular weight excluding hydrogens is 226 g/mol. The molecule has 2 rings (SSSR count). The zero-order chi connectivity index (χ0) is 13.2. The van der Waals surface area contributed by atoms with Crippen LogP contribution < -0.4 is 11.1 Å². The average molecular weight is 243 g/mol. The van der Waals surface area contributed by atoms with E-state index in [9.17, 15) is 4.79 Å². The van der Waals surface area contributed by atoms with Gasteiger partial charge < -0.3 is 5.73 Å². The van der Waals surface area contributed by atoms with Crippen LogP contribution in [0.5, 0.6) is 0 Å². The molecule has 0 radical (unpaired) electrons. The third kappa shape index (κ3) is 2.49. The Kier molecular flexibility index (Phi) is 3.30. The topological polar surface area (TPSA) is 68.0 Å². The van der Waals surface area contributed by atoms with Crippen LogP contribution in [0, 0.1) is 0 Å². The highest BCUT2D eigenvalue weighted by molar-refractivity contribution is 5.84. The van der Waals surface area contributed by atoms with Gasteiger partial charge >= 0.3 is 0 Å². The first-order valence-corrected chi connectivity index (χ1v) is 5.88. The van der Waals surface area contributed by atoms with Crippen molar-refractivity contribution in [2.75, 3.05) is 0 Å². The van der Waals surface area contributed by atoms with E-state index in [2.05, 4.69) is 10.3 Å². The highest BCUT2D eigenvalue weighted by Crippen LogP contribution is 2.16. The van der Waals surface area contributed by atoms with E-state index in [1.807, 2.05) is 30.3 Å². The van der Waals surface area contributed by atoms with Gasteiger partial charge in [-0.1, -0.05) is 24.3 Å². The Balaban J connectivity index is 2.25. The zero-order valence-corrected chi connectivity index (χ0v) is 10.6. The van der Waals surface area contributed by atoms with Crippen LogP contribution in [0.2, 0.25) is 0 Å². The molecule has 0 unspecified atom stereocenters. The molecule has 0 fully saturated rings. The predicted molar refractivity (Wildman–Crippen MR) is 71.9 cm³/mol. The number of nitrogens with one attached hydrogen (secondary N) is 1. The standard InChI is InChI=1S/C14H17N3O/c1-14(2,13(15)18)17-9-11-6-3-5-10-7-4-8-16-12(10)11/h3-8,17H,9H2,1-2H3,(H2,15,18). The van der Waals surface area contributed by atoms with Crippen LogP contribution >= 0.6 is 0 Å². The number of carbonyl (C=O) groups excluding carboxylic acids is 1. The summed E-state index contributed by atoms with van der Waals surface area (Å²) in [6.07, 6.45) is 1.77. The maximum Gasteiger partial charge on any atom is 0.237 e. The first-order chi connectivity index (χ1) is 8.50. The van der Waals surface area contributed by atoms with Crippen molar-refractivity contribution in [2.24, 2.45) is 5.73 Å². The largest absolute Gasteiger partial charge is 0.368 e. The lowest BCUT2D eigenvalue weighted by atomic mass is 10.0. The SMILES string of the molecule is CC(C)(NCc1cccc2cccnc12)C(N)=O. The van der Waals surface area contributed by atoms with Gasteiger partial charge in [0.05, 0.1) is 11.1 Å². The molecule has 94 valence electrons. The number of pyridine rings is 1. The van der Waals surface area contributed by atoms with Crippen LogP contribution in [-0.4, -0.2) is 16.4 Å². The summed E-state index contributed by atoms with van der Waals surface area (Å²) in [5.74, 6) is -0.365. The summed E-state index contributed by atoms with van der Waals surface area (Å²) in [7, 11) is 0. The predicted octanol–water partition coefficient (Wildman–Crippen LogP) is 1.59. The highest BCUT2D eigenvalue weighted by atomic mass is 16.1. The molecule has 1 aromatic carbocycles. The number of rotatable bonds is 4. The minimum atomic E-state index is -0.725. The van der Waals surface area contributed by atoms with Crippen LogP contribution in [0.25, 0.3) is 10.9 Å². The molecule has 0 aliphatic heterocycles. The van der Waals surface area contributed by atoms with Crippen LogP contribution in [0.3, 0.4) is 0 Å². The summed E-state index contributed by atoms with van der Waals surface area (Å²) >= 11 is 0. The van der Waals surface area contributed by atoms with Crippen molar-refractivity contribution in [3.63, 3.8) is 0 Å². The molecule has 4 heteroatoms. The Morgan fingerprint density at radius 3 is 2.78 bits per heavy atom. The molecule has 0 saturated carbocycles. The van der Waals surface area contributed by atoms with Crippen LogP contribution in [0.4, 0.5) is 0 Å². The summed E-state index contributed by atoms with van der Waals surface area (Å²) in [6, 6.07) is 9.93. The Labute approximate surface area is 106 Å². The number of carbonyl (C=O) groups is 1. The van der Waals surface area contributed by atoms with Crippen molar-refractivity contribution in [2.45, 2.75) is 25.9 Å². The van der Waals surface area contributed by atoms with E-state index in [0.717, 1.165) is 16.5 Å². The lowest BCUT2D eigenvalue weighted by Gasteiger charge is -2.22. The van der Waals surface area contributed by atoms with Gasteiger partial charge in [0.1, 0.15) is 0 Å². The van der Waals surface area contributed by atoms with Gasteiger partial charge in [0.15, 0.2) is 0 Å². The summed E-state index contributed by atoms with van der Waals surface area (Å²) in [5, 5.41) is 4.24. The van der Waals surface area contributed by atoms with E-state index in [0.29, 0.717) is 6.54 Å². The molecule has 18 heavy (non-hydrogen) atoms. The van der Waals surface area contributed by atoms with E-state index < -0.39 is 5.54 Å². The summed E-state index contributed by atoms with van der Waals surface area (Å²) in [5.41, 5.74) is 6.61. The zero-order valence-electron chi connectivity index (χ0n) is 10.6. The Bertz CT molecular complexity index is 573. The molecule has 1 heterocycles. The summed E-state index contributed by atoms with van der Waals surface area (Å²) in [4.78, 5) is 15.6. The number of hydrogen-bond donors (Lipinski definition) is 2. The molecule has 0 saturated heterocycles. The number of primary amides is 1. The maximum absolute atomic E-state index is 11.2. The number of nitrogens with zero attached hydrogens (tertiary/aromatic N) is 1. The number of aromatic nitrogens is 1. The molecule has 4 nitrogen and oxygen atoms in total. The van der Waals surface area contributed by atoms with E-state index in [-0.39, 0.29) is 5.91 Å². The number of nitrogens with two attached hydrogens (primary N) is 1. The van der Waals surface area contributed by atoms with E-state index in [4.69, 9.17) is 5.73 Å². The first-order valence-electron chi connectivity index (χ1n) is 5.88. The minimum absolute atomic E-state index is 0.365. The van der Waals surface area contributed by atoms with E-state index in [1.165, 1.54) is 0 Å². The molecule has 0 atom stereocenters. The van der Waals surface area contributed by atoms with Gasteiger partial charge in [-0.2, -0.15) is 0 Å². The van der Waals surface area contributed by atoms with Crippen LogP contribution in [0.15, 0.2) is 36.5 Å². The molecule has 3 N–H and O–H groups in total. The molecule has 0 aliphatic rings. The summed E-state index contributed by atoms with van der Waals surface area (Å²) in [6.45, 7) is 4.10. The number of hydrogen-bond acceptors (Lipinski definition) is 3. The van der Waals surface area contributed by atoms with Crippen molar-refractivity contribution in [3.05, 3.63) is 42.1 Å². The van der Waals surface area contributed by atoms with Gasteiger partial charge in [-0.3, -0.25) is 15.1 Å². The molecule has 2 aromatic rings. The van der Waals surface area contributed by atoms with Crippen LogP contribution in [0.1, 0.15) is 19.4 Å². The second-order valence-electron chi connectivity index (χ2n) is 4.84. The third-order valence-electron chi connectivity index (χ3n) is 3.05. The van der Waals surface area contributed by atoms with Gasteiger partial charge in [-0.25, -0.2) is 0 Å². The number of para-hydroxylation sites is 1. The van der Waals surface area contributed by atoms with Crippen molar-refractivity contribution in [1.82, 2.24) is 10.3 Å². The number of benzene rings is 1. The van der Waals surface area contributed by atoms with Crippen molar-refractivity contribution in [3.8, 4) is 0 Å². The normalized spacial score (nSPS) is 11.7. The van der Waals surface area contributed by atoms with Crippen molar-refractivity contribution < 1.29 is 4.79 Å². The monoisotopic (exact) mass is 243 g/mol. The highest BCUT2D eigenvalue weighted by Gasteiger charge is 2.23. The lowest BCUT2D eigenvalue weighted by Crippen LogP contribution is -2.50. The maximum atomic E-state index is 11.2. The first kappa shape index (κ1) is 12.5. The molecule has 1 amide bonds. The quantitative estimate of drug-likeness (QED) is 0.856. The summed E-state index contributed by atoms with van der Waals surface area (Å²) < 4.78 is 0. The fourth-order valence-electron chi connectivity index (χ4n) is 1.71. The number of fused-ring (bicyclic) bond motifs is 1. The van der Waals surface area contributed by atoms with Crippen molar-refractivity contribution >= 4 is 16.8 Å². The Hall–Kier alpha value is -1.94. The fourth-order valence-corrected chi connectivity index (χ4v) is 1.71. The minimum Gasteiger partial charge on any atom is -0.368 e. The van der Waals surface area contributed by atoms with Gasteiger partial charge in [-0.05, 0) is 25.5 Å². The average Bonchev–Trinajstić information content (AvgIpc) is 2.36. The molecule has 1 aromatic heterocycles. The van der Waals surface area contributed by atoms with Gasteiger partial charge in [0, 0.05) is 18.1 Å². The second-order valence-corrected chi connectivity index (χ2v) is 4.84. The Morgan fingerprint density at radius 1 is 1.33 bits per heavy atom. The van der Waals surface area contributed by atoms with Crippen LogP contribution in [-0.2, 0) is 11.3 Å². The molecular formula is C14H17N3O. The second kappa shape index (κ2) is 4.74. The molecule has 0 spiro atoms. The smallest absolute Gasteiger partial charge is 0.237 e. The van der Waals surface area contributed by atoms with Gasteiger partial charge in [0.25, 0.3) is 0 Å².